The zero-order chi connectivity index (χ0) is 14.4. The molecule has 0 unspecified atom stereocenters. The van der Waals surface area contributed by atoms with Gasteiger partial charge in [-0.25, -0.2) is 0 Å². The van der Waals surface area contributed by atoms with Gasteiger partial charge in [-0.2, -0.15) is 0 Å². The van der Waals surface area contributed by atoms with E-state index in [2.05, 4.69) is 10.5 Å². The Balaban J connectivity index is 2.11. The van der Waals surface area contributed by atoms with E-state index in [-0.39, 0.29) is 5.84 Å². The van der Waals surface area contributed by atoms with Crippen molar-refractivity contribution in [2.75, 3.05) is 12.4 Å². The van der Waals surface area contributed by atoms with Gasteiger partial charge in [-0.15, -0.1) is 0 Å². The van der Waals surface area contributed by atoms with Gasteiger partial charge in [-0.05, 0) is 23.8 Å². The second kappa shape index (κ2) is 6.47. The molecule has 2 rings (SSSR count). The molecule has 0 aliphatic rings. The molecule has 20 heavy (non-hydrogen) atoms. The number of ether oxygens (including phenoxy) is 1. The first-order valence-electron chi connectivity index (χ1n) is 6.18. The summed E-state index contributed by atoms with van der Waals surface area (Å²) in [6.45, 7) is 0.618. The summed E-state index contributed by atoms with van der Waals surface area (Å²) in [7, 11) is 1.64. The quantitative estimate of drug-likeness (QED) is 0.337. The van der Waals surface area contributed by atoms with Crippen LogP contribution >= 0.6 is 0 Å². The van der Waals surface area contributed by atoms with E-state index in [1.165, 1.54) is 0 Å². The van der Waals surface area contributed by atoms with Gasteiger partial charge in [0.05, 0.1) is 12.8 Å². The Kier molecular flexibility index (Phi) is 4.44. The van der Waals surface area contributed by atoms with E-state index in [0.29, 0.717) is 12.1 Å². The monoisotopic (exact) mass is 271 g/mol. The molecule has 2 aromatic carbocycles. The number of nitrogens with zero attached hydrogens (tertiary/aromatic N) is 1. The summed E-state index contributed by atoms with van der Waals surface area (Å²) < 4.78 is 5.28. The number of rotatable bonds is 5. The van der Waals surface area contributed by atoms with Crippen molar-refractivity contribution in [3.63, 3.8) is 0 Å². The maximum Gasteiger partial charge on any atom is 0.170 e. The molecular weight excluding hydrogens is 254 g/mol. The molecule has 4 N–H and O–H groups in total. The topological polar surface area (TPSA) is 79.9 Å². The van der Waals surface area contributed by atoms with Crippen molar-refractivity contribution in [1.29, 1.82) is 0 Å². The fourth-order valence-corrected chi connectivity index (χ4v) is 1.89. The van der Waals surface area contributed by atoms with Crippen molar-refractivity contribution < 1.29 is 9.94 Å². The van der Waals surface area contributed by atoms with Crippen LogP contribution in [0.15, 0.2) is 53.7 Å². The molecule has 5 nitrogen and oxygen atoms in total. The highest BCUT2D eigenvalue weighted by Crippen LogP contribution is 2.23. The predicted octanol–water partition coefficient (Wildman–Crippen LogP) is 2.40. The highest BCUT2D eigenvalue weighted by Gasteiger charge is 2.03. The lowest BCUT2D eigenvalue weighted by molar-refractivity contribution is 0.318. The third-order valence-corrected chi connectivity index (χ3v) is 2.92. The summed E-state index contributed by atoms with van der Waals surface area (Å²) in [6, 6.07) is 15.2. The summed E-state index contributed by atoms with van der Waals surface area (Å²) in [4.78, 5) is 0. The number of para-hydroxylation sites is 2. The predicted molar refractivity (Wildman–Crippen MR) is 79.3 cm³/mol. The number of amidine groups is 1. The van der Waals surface area contributed by atoms with E-state index >= 15 is 0 Å². The Morgan fingerprint density at radius 2 is 2.05 bits per heavy atom. The summed E-state index contributed by atoms with van der Waals surface area (Å²) in [5, 5.41) is 15.0. The lowest BCUT2D eigenvalue weighted by atomic mass is 10.1. The highest BCUT2D eigenvalue weighted by molar-refractivity contribution is 5.97. The zero-order valence-corrected chi connectivity index (χ0v) is 11.2. The van der Waals surface area contributed by atoms with Crippen LogP contribution in [0.2, 0.25) is 0 Å². The first kappa shape index (κ1) is 13.7. The first-order chi connectivity index (χ1) is 9.74. The molecular formula is C15H17N3O2. The molecule has 2 aromatic rings. The Hall–Kier alpha value is -2.69. The Morgan fingerprint density at radius 3 is 2.80 bits per heavy atom. The number of hydrogen-bond acceptors (Lipinski definition) is 4. The van der Waals surface area contributed by atoms with E-state index in [9.17, 15) is 0 Å². The number of oxime groups is 1. The van der Waals surface area contributed by atoms with Gasteiger partial charge in [-0.3, -0.25) is 0 Å². The van der Waals surface area contributed by atoms with E-state index in [4.69, 9.17) is 15.7 Å². The van der Waals surface area contributed by atoms with Crippen molar-refractivity contribution >= 4 is 11.5 Å². The molecule has 0 saturated carbocycles. The van der Waals surface area contributed by atoms with Crippen molar-refractivity contribution in [3.8, 4) is 5.75 Å². The van der Waals surface area contributed by atoms with Crippen LogP contribution in [0.25, 0.3) is 0 Å². The molecule has 0 atom stereocenters. The normalized spacial score (nSPS) is 11.2. The van der Waals surface area contributed by atoms with Gasteiger partial charge in [0.2, 0.25) is 0 Å². The largest absolute Gasteiger partial charge is 0.495 e. The van der Waals surface area contributed by atoms with Gasteiger partial charge in [0.25, 0.3) is 0 Å². The second-order valence-electron chi connectivity index (χ2n) is 4.24. The molecule has 0 bridgehead atoms. The minimum absolute atomic E-state index is 0.101. The maximum atomic E-state index is 8.69. The first-order valence-corrected chi connectivity index (χ1v) is 6.18. The maximum absolute atomic E-state index is 8.69. The molecule has 0 heterocycles. The van der Waals surface area contributed by atoms with Gasteiger partial charge in [0, 0.05) is 12.1 Å². The van der Waals surface area contributed by atoms with Crippen LogP contribution in [0.1, 0.15) is 11.1 Å². The van der Waals surface area contributed by atoms with Crippen LogP contribution in [0.4, 0.5) is 5.69 Å². The minimum Gasteiger partial charge on any atom is -0.495 e. The summed E-state index contributed by atoms with van der Waals surface area (Å²) in [5.41, 5.74) is 8.21. The van der Waals surface area contributed by atoms with Crippen molar-refractivity contribution in [1.82, 2.24) is 0 Å². The summed E-state index contributed by atoms with van der Waals surface area (Å²) >= 11 is 0. The molecule has 5 heteroatoms. The van der Waals surface area contributed by atoms with Crippen LogP contribution in [-0.2, 0) is 6.54 Å². The number of methoxy groups -OCH3 is 1. The number of nitrogens with one attached hydrogen (secondary N) is 1. The molecule has 0 aromatic heterocycles. The average molecular weight is 271 g/mol. The van der Waals surface area contributed by atoms with E-state index in [1.54, 1.807) is 13.2 Å². The molecule has 0 saturated heterocycles. The average Bonchev–Trinajstić information content (AvgIpc) is 2.52. The molecule has 0 spiro atoms. The SMILES string of the molecule is COc1ccccc1NCc1cccc(C(N)=NO)c1. The van der Waals surface area contributed by atoms with Crippen LogP contribution in [-0.4, -0.2) is 18.2 Å². The van der Waals surface area contributed by atoms with Crippen LogP contribution < -0.4 is 15.8 Å². The van der Waals surface area contributed by atoms with Gasteiger partial charge in [-0.1, -0.05) is 35.5 Å². The van der Waals surface area contributed by atoms with Gasteiger partial charge >= 0.3 is 0 Å². The minimum atomic E-state index is 0.101. The van der Waals surface area contributed by atoms with Crippen molar-refractivity contribution in [2.24, 2.45) is 10.9 Å². The van der Waals surface area contributed by atoms with E-state index in [1.807, 2.05) is 42.5 Å². The third kappa shape index (κ3) is 3.20. The number of benzene rings is 2. The Bertz CT molecular complexity index is 612. The summed E-state index contributed by atoms with van der Waals surface area (Å²) in [6.07, 6.45) is 0. The number of hydrogen-bond donors (Lipinski definition) is 3. The van der Waals surface area contributed by atoms with Gasteiger partial charge in [0.15, 0.2) is 5.84 Å². The van der Waals surface area contributed by atoms with E-state index < -0.39 is 0 Å². The second-order valence-corrected chi connectivity index (χ2v) is 4.24. The molecule has 0 amide bonds. The third-order valence-electron chi connectivity index (χ3n) is 2.92. The Morgan fingerprint density at radius 1 is 1.25 bits per heavy atom. The zero-order valence-electron chi connectivity index (χ0n) is 11.2. The molecule has 0 aliphatic carbocycles. The molecule has 0 radical (unpaired) electrons. The van der Waals surface area contributed by atoms with Crippen molar-refractivity contribution in [3.05, 3.63) is 59.7 Å². The molecule has 0 aliphatic heterocycles. The lowest BCUT2D eigenvalue weighted by Gasteiger charge is -2.11. The van der Waals surface area contributed by atoms with Crippen LogP contribution in [0.5, 0.6) is 5.75 Å². The fraction of sp³-hybridized carbons (Fsp3) is 0.133. The van der Waals surface area contributed by atoms with Gasteiger partial charge < -0.3 is 21.0 Å². The fourth-order valence-electron chi connectivity index (χ4n) is 1.89. The smallest absolute Gasteiger partial charge is 0.170 e. The van der Waals surface area contributed by atoms with Crippen LogP contribution in [0.3, 0.4) is 0 Å². The van der Waals surface area contributed by atoms with Gasteiger partial charge in [0.1, 0.15) is 5.75 Å². The standard InChI is InChI=1S/C15H17N3O2/c1-20-14-8-3-2-7-13(14)17-10-11-5-4-6-12(9-11)15(16)18-19/h2-9,17,19H,10H2,1H3,(H2,16,18). The number of anilines is 1. The number of nitrogens with two attached hydrogens (primary N) is 1. The van der Waals surface area contributed by atoms with Crippen molar-refractivity contribution in [2.45, 2.75) is 6.54 Å². The highest BCUT2D eigenvalue weighted by atomic mass is 16.5. The Labute approximate surface area is 117 Å². The van der Waals surface area contributed by atoms with E-state index in [0.717, 1.165) is 17.0 Å². The van der Waals surface area contributed by atoms with Crippen LogP contribution in [0, 0.1) is 0 Å². The molecule has 104 valence electrons. The molecule has 0 fully saturated rings. The summed E-state index contributed by atoms with van der Waals surface area (Å²) in [5.74, 6) is 0.893. The lowest BCUT2D eigenvalue weighted by Crippen LogP contribution is -2.13.